The molecule has 0 spiro atoms. The lowest BCUT2D eigenvalue weighted by Crippen LogP contribution is -2.39. The minimum Gasteiger partial charge on any atom is -0.497 e. The van der Waals surface area contributed by atoms with Crippen LogP contribution in [-0.4, -0.2) is 30.3 Å². The van der Waals surface area contributed by atoms with E-state index in [1.165, 1.54) is 11.1 Å². The van der Waals surface area contributed by atoms with Gasteiger partial charge in [-0.3, -0.25) is 4.90 Å². The number of hydrogen-bond acceptors (Lipinski definition) is 4. The zero-order valence-electron chi connectivity index (χ0n) is 17.4. The van der Waals surface area contributed by atoms with Crippen molar-refractivity contribution in [1.29, 1.82) is 0 Å². The van der Waals surface area contributed by atoms with Crippen LogP contribution in [0.4, 0.5) is 0 Å². The average Bonchev–Trinajstić information content (AvgIpc) is 2.80. The molecule has 0 bridgehead atoms. The van der Waals surface area contributed by atoms with E-state index in [0.717, 1.165) is 24.2 Å². The lowest BCUT2D eigenvalue weighted by molar-refractivity contribution is 0.0623. The maximum absolute atomic E-state index is 11.4. The third-order valence-electron chi connectivity index (χ3n) is 5.58. The van der Waals surface area contributed by atoms with Crippen LogP contribution in [0.15, 0.2) is 78.9 Å². The van der Waals surface area contributed by atoms with Crippen molar-refractivity contribution in [3.8, 4) is 11.5 Å². The second-order valence-electron chi connectivity index (χ2n) is 7.50. The van der Waals surface area contributed by atoms with Crippen LogP contribution in [0.3, 0.4) is 0 Å². The van der Waals surface area contributed by atoms with Gasteiger partial charge in [0.2, 0.25) is 0 Å². The number of fused-ring (bicyclic) bond motifs is 1. The zero-order chi connectivity index (χ0) is 20.9. The van der Waals surface area contributed by atoms with Crippen molar-refractivity contribution in [3.05, 3.63) is 101 Å². The van der Waals surface area contributed by atoms with Crippen LogP contribution in [0.5, 0.6) is 11.5 Å². The number of rotatable bonds is 7. The highest BCUT2D eigenvalue weighted by molar-refractivity contribution is 5.67. The van der Waals surface area contributed by atoms with E-state index in [0.29, 0.717) is 11.5 Å². The lowest BCUT2D eigenvalue weighted by Gasteiger charge is -2.36. The number of nitrogens with zero attached hydrogens (tertiary/aromatic N) is 1. The summed E-state index contributed by atoms with van der Waals surface area (Å²) < 4.78 is 11.0. The Kier molecular flexibility index (Phi) is 6.17. The van der Waals surface area contributed by atoms with Crippen LogP contribution in [0.25, 0.3) is 6.08 Å². The van der Waals surface area contributed by atoms with Gasteiger partial charge < -0.3 is 14.6 Å². The SMILES string of the molecule is COc1cc(OC)c2c(c1)[C@@H](O)[C@H](N(Cc1ccccc1)Cc1ccccc1)C=C2. The molecule has 0 saturated carbocycles. The Morgan fingerprint density at radius 2 is 1.43 bits per heavy atom. The predicted octanol–water partition coefficient (Wildman–Crippen LogP) is 4.84. The molecule has 30 heavy (non-hydrogen) atoms. The van der Waals surface area contributed by atoms with Crippen molar-refractivity contribution in [2.45, 2.75) is 25.2 Å². The van der Waals surface area contributed by atoms with Crippen LogP contribution in [0.2, 0.25) is 0 Å². The minimum absolute atomic E-state index is 0.172. The molecule has 0 radical (unpaired) electrons. The van der Waals surface area contributed by atoms with E-state index in [1.807, 2.05) is 54.6 Å². The molecule has 0 unspecified atom stereocenters. The normalized spacial score (nSPS) is 17.6. The van der Waals surface area contributed by atoms with Crippen LogP contribution >= 0.6 is 0 Å². The third-order valence-corrected chi connectivity index (χ3v) is 5.58. The molecular weight excluding hydrogens is 374 g/mol. The molecule has 0 amide bonds. The van der Waals surface area contributed by atoms with Crippen molar-refractivity contribution >= 4 is 6.08 Å². The van der Waals surface area contributed by atoms with Gasteiger partial charge >= 0.3 is 0 Å². The predicted molar refractivity (Wildman–Crippen MR) is 119 cm³/mol. The number of benzene rings is 3. The molecule has 4 rings (SSSR count). The van der Waals surface area contributed by atoms with E-state index >= 15 is 0 Å². The molecule has 4 heteroatoms. The van der Waals surface area contributed by atoms with Crippen molar-refractivity contribution in [2.75, 3.05) is 14.2 Å². The van der Waals surface area contributed by atoms with Crippen molar-refractivity contribution in [2.24, 2.45) is 0 Å². The molecule has 4 nitrogen and oxygen atoms in total. The summed E-state index contributed by atoms with van der Waals surface area (Å²) in [6.45, 7) is 1.47. The summed E-state index contributed by atoms with van der Waals surface area (Å²) in [6, 6.07) is 24.3. The van der Waals surface area contributed by atoms with E-state index in [2.05, 4.69) is 35.2 Å². The van der Waals surface area contributed by atoms with Crippen molar-refractivity contribution < 1.29 is 14.6 Å². The van der Waals surface area contributed by atoms with E-state index in [9.17, 15) is 5.11 Å². The highest BCUT2D eigenvalue weighted by atomic mass is 16.5. The zero-order valence-corrected chi connectivity index (χ0v) is 17.4. The van der Waals surface area contributed by atoms with Crippen molar-refractivity contribution in [3.63, 3.8) is 0 Å². The molecule has 1 aliphatic carbocycles. The molecule has 0 heterocycles. The Hall–Kier alpha value is -3.08. The number of methoxy groups -OCH3 is 2. The smallest absolute Gasteiger partial charge is 0.130 e. The highest BCUT2D eigenvalue weighted by Crippen LogP contribution is 2.39. The third kappa shape index (κ3) is 4.25. The van der Waals surface area contributed by atoms with Gasteiger partial charge in [0.15, 0.2) is 0 Å². The second-order valence-corrected chi connectivity index (χ2v) is 7.50. The standard InChI is InChI=1S/C26H27NO3/c1-29-21-15-23-22(25(16-21)30-2)13-14-24(26(23)28)27(17-19-9-5-3-6-10-19)18-20-11-7-4-8-12-20/h3-16,24,26,28H,17-18H2,1-2H3/t24-,26-/m1/s1. The molecule has 0 fully saturated rings. The van der Waals surface area contributed by atoms with Gasteiger partial charge in [0.05, 0.1) is 26.4 Å². The van der Waals surface area contributed by atoms with E-state index in [1.54, 1.807) is 14.2 Å². The summed E-state index contributed by atoms with van der Waals surface area (Å²) in [6.07, 6.45) is 3.43. The topological polar surface area (TPSA) is 41.9 Å². The largest absolute Gasteiger partial charge is 0.497 e. The molecule has 3 aromatic carbocycles. The van der Waals surface area contributed by atoms with Crippen LogP contribution in [-0.2, 0) is 13.1 Å². The Morgan fingerprint density at radius 1 is 0.833 bits per heavy atom. The monoisotopic (exact) mass is 401 g/mol. The van der Waals surface area contributed by atoms with Gasteiger partial charge in [0.25, 0.3) is 0 Å². The molecule has 1 aliphatic rings. The van der Waals surface area contributed by atoms with Crippen LogP contribution in [0, 0.1) is 0 Å². The van der Waals surface area contributed by atoms with Gasteiger partial charge in [0, 0.05) is 24.7 Å². The van der Waals surface area contributed by atoms with Gasteiger partial charge in [-0.1, -0.05) is 72.8 Å². The number of aliphatic hydroxyl groups excluding tert-OH is 1. The minimum atomic E-state index is -0.693. The van der Waals surface area contributed by atoms with E-state index in [-0.39, 0.29) is 6.04 Å². The summed E-state index contributed by atoms with van der Waals surface area (Å²) >= 11 is 0. The summed E-state index contributed by atoms with van der Waals surface area (Å²) in [5.74, 6) is 1.38. The highest BCUT2D eigenvalue weighted by Gasteiger charge is 2.31. The first kappa shape index (κ1) is 20.2. The maximum Gasteiger partial charge on any atom is 0.130 e. The molecule has 2 atom stereocenters. The molecule has 1 N–H and O–H groups in total. The van der Waals surface area contributed by atoms with E-state index < -0.39 is 6.10 Å². The van der Waals surface area contributed by atoms with Gasteiger partial charge in [-0.05, 0) is 22.8 Å². The Morgan fingerprint density at radius 3 is 1.97 bits per heavy atom. The van der Waals surface area contributed by atoms with Gasteiger partial charge in [-0.25, -0.2) is 0 Å². The molecule has 3 aromatic rings. The Labute approximate surface area is 178 Å². The molecule has 154 valence electrons. The molecule has 0 aromatic heterocycles. The lowest BCUT2D eigenvalue weighted by atomic mass is 9.89. The average molecular weight is 402 g/mol. The summed E-state index contributed by atoms with van der Waals surface area (Å²) in [5.41, 5.74) is 4.15. The molecule has 0 saturated heterocycles. The summed E-state index contributed by atoms with van der Waals surface area (Å²) in [5, 5.41) is 11.4. The Balaban J connectivity index is 1.69. The van der Waals surface area contributed by atoms with Gasteiger partial charge in [0.1, 0.15) is 11.5 Å². The number of ether oxygens (including phenoxy) is 2. The maximum atomic E-state index is 11.4. The second kappa shape index (κ2) is 9.16. The van der Waals surface area contributed by atoms with Crippen LogP contribution in [0.1, 0.15) is 28.4 Å². The van der Waals surface area contributed by atoms with Gasteiger partial charge in [-0.15, -0.1) is 0 Å². The fraction of sp³-hybridized carbons (Fsp3) is 0.231. The van der Waals surface area contributed by atoms with Crippen molar-refractivity contribution in [1.82, 2.24) is 4.90 Å². The van der Waals surface area contributed by atoms with E-state index in [4.69, 9.17) is 9.47 Å². The quantitative estimate of drug-likeness (QED) is 0.615. The molecular formula is C26H27NO3. The number of aliphatic hydroxyl groups is 1. The number of hydrogen-bond donors (Lipinski definition) is 1. The molecule has 0 aliphatic heterocycles. The summed E-state index contributed by atoms with van der Waals surface area (Å²) in [4.78, 5) is 2.31. The first-order valence-electron chi connectivity index (χ1n) is 10.1. The Bertz CT molecular complexity index is 960. The fourth-order valence-corrected chi connectivity index (χ4v) is 4.04. The van der Waals surface area contributed by atoms with Gasteiger partial charge in [-0.2, -0.15) is 0 Å². The van der Waals surface area contributed by atoms with Crippen LogP contribution < -0.4 is 9.47 Å². The first-order chi connectivity index (χ1) is 14.7. The summed E-state index contributed by atoms with van der Waals surface area (Å²) in [7, 11) is 3.26. The fourth-order valence-electron chi connectivity index (χ4n) is 4.04. The first-order valence-corrected chi connectivity index (χ1v) is 10.1.